The molecule has 0 radical (unpaired) electrons. The third-order valence-corrected chi connectivity index (χ3v) is 4.92. The first-order valence-corrected chi connectivity index (χ1v) is 8.74. The van der Waals surface area contributed by atoms with Crippen LogP contribution >= 0.6 is 11.8 Å². The number of rotatable bonds is 5. The summed E-state index contributed by atoms with van der Waals surface area (Å²) in [5, 5.41) is 8.96. The smallest absolute Gasteiger partial charge is 0.262 e. The Kier molecular flexibility index (Phi) is 3.89. The molecule has 126 valence electrons. The number of hydrogen-bond acceptors (Lipinski definition) is 6. The number of furan rings is 1. The molecule has 3 heterocycles. The minimum absolute atomic E-state index is 0.183. The lowest BCUT2D eigenvalue weighted by Crippen LogP contribution is -2.29. The van der Waals surface area contributed by atoms with Crippen molar-refractivity contribution in [3.8, 4) is 11.6 Å². The van der Waals surface area contributed by atoms with E-state index in [1.807, 2.05) is 17.6 Å². The molecule has 1 aliphatic rings. The van der Waals surface area contributed by atoms with Crippen LogP contribution in [0.1, 0.15) is 27.6 Å². The molecular formula is C17H14N4O3S. The number of carbonyl (C=O) groups is 2. The van der Waals surface area contributed by atoms with E-state index in [1.54, 1.807) is 36.6 Å². The van der Waals surface area contributed by atoms with Crippen molar-refractivity contribution in [1.29, 1.82) is 0 Å². The third-order valence-electron chi connectivity index (χ3n) is 3.98. The fraction of sp³-hybridized carbons (Fsp3) is 0.176. The van der Waals surface area contributed by atoms with Crippen LogP contribution in [0.4, 0.5) is 0 Å². The molecule has 0 atom stereocenters. The van der Waals surface area contributed by atoms with Crippen LogP contribution in [0.15, 0.2) is 52.2 Å². The average Bonchev–Trinajstić information content (AvgIpc) is 3.34. The summed E-state index contributed by atoms with van der Waals surface area (Å²) in [6, 6.07) is 10.5. The van der Waals surface area contributed by atoms with Gasteiger partial charge in [-0.15, -0.1) is 10.2 Å². The van der Waals surface area contributed by atoms with Crippen LogP contribution in [-0.4, -0.2) is 37.4 Å². The van der Waals surface area contributed by atoms with E-state index in [1.165, 1.54) is 16.7 Å². The number of fused-ring (bicyclic) bond motifs is 1. The molecule has 1 aromatic carbocycles. The Morgan fingerprint density at radius 2 is 1.76 bits per heavy atom. The maximum absolute atomic E-state index is 12.4. The summed E-state index contributed by atoms with van der Waals surface area (Å²) in [5.41, 5.74) is 0.891. The molecule has 25 heavy (non-hydrogen) atoms. The van der Waals surface area contributed by atoms with E-state index in [9.17, 15) is 9.59 Å². The first kappa shape index (κ1) is 15.6. The van der Waals surface area contributed by atoms with Gasteiger partial charge in [0.05, 0.1) is 23.3 Å². The van der Waals surface area contributed by atoms with Crippen LogP contribution in [-0.2, 0) is 6.54 Å². The van der Waals surface area contributed by atoms with Crippen LogP contribution in [0.2, 0.25) is 0 Å². The second-order valence-electron chi connectivity index (χ2n) is 5.39. The summed E-state index contributed by atoms with van der Waals surface area (Å²) in [5.74, 6) is 0.881. The molecule has 0 N–H and O–H groups in total. The number of hydrogen-bond donors (Lipinski definition) is 0. The fourth-order valence-corrected chi connectivity index (χ4v) is 3.70. The van der Waals surface area contributed by atoms with Crippen LogP contribution in [0.25, 0.3) is 11.6 Å². The minimum atomic E-state index is -0.276. The lowest BCUT2D eigenvalue weighted by molar-refractivity contribution is 0.0684. The van der Waals surface area contributed by atoms with Crippen molar-refractivity contribution in [2.24, 2.45) is 0 Å². The van der Waals surface area contributed by atoms with Gasteiger partial charge >= 0.3 is 0 Å². The van der Waals surface area contributed by atoms with Gasteiger partial charge in [0, 0.05) is 6.54 Å². The number of thioether (sulfide) groups is 1. The van der Waals surface area contributed by atoms with Gasteiger partial charge in [0.15, 0.2) is 16.7 Å². The van der Waals surface area contributed by atoms with Crippen molar-refractivity contribution in [1.82, 2.24) is 19.7 Å². The highest BCUT2D eigenvalue weighted by Gasteiger charge is 2.35. The summed E-state index contributed by atoms with van der Waals surface area (Å²) in [6.45, 7) is 2.62. The third kappa shape index (κ3) is 2.54. The largest absolute Gasteiger partial charge is 0.461 e. The molecule has 1 aliphatic heterocycles. The molecular weight excluding hydrogens is 340 g/mol. The summed E-state index contributed by atoms with van der Waals surface area (Å²) in [4.78, 5) is 26.1. The van der Waals surface area contributed by atoms with Gasteiger partial charge in [0.2, 0.25) is 0 Å². The van der Waals surface area contributed by atoms with Gasteiger partial charge < -0.3 is 4.42 Å². The van der Waals surface area contributed by atoms with E-state index in [-0.39, 0.29) is 17.7 Å². The highest BCUT2D eigenvalue weighted by molar-refractivity contribution is 7.99. The summed E-state index contributed by atoms with van der Waals surface area (Å²) < 4.78 is 7.27. The van der Waals surface area contributed by atoms with E-state index < -0.39 is 0 Å². The zero-order valence-corrected chi connectivity index (χ0v) is 14.2. The zero-order valence-electron chi connectivity index (χ0n) is 13.4. The van der Waals surface area contributed by atoms with Crippen molar-refractivity contribution in [3.63, 3.8) is 0 Å². The first-order valence-electron chi connectivity index (χ1n) is 7.75. The molecule has 7 nitrogen and oxygen atoms in total. The van der Waals surface area contributed by atoms with Crippen molar-refractivity contribution >= 4 is 23.6 Å². The normalized spacial score (nSPS) is 13.6. The summed E-state index contributed by atoms with van der Waals surface area (Å²) >= 11 is 1.30. The maximum Gasteiger partial charge on any atom is 0.262 e. The van der Waals surface area contributed by atoms with Gasteiger partial charge in [-0.25, -0.2) is 0 Å². The van der Waals surface area contributed by atoms with Crippen molar-refractivity contribution < 1.29 is 14.0 Å². The first-order chi connectivity index (χ1) is 12.2. The molecule has 2 aromatic heterocycles. The molecule has 2 amide bonds. The number of benzene rings is 1. The van der Waals surface area contributed by atoms with Crippen molar-refractivity contribution in [3.05, 3.63) is 53.8 Å². The van der Waals surface area contributed by atoms with E-state index in [0.717, 1.165) is 0 Å². The fourth-order valence-electron chi connectivity index (χ4n) is 2.75. The highest BCUT2D eigenvalue weighted by atomic mass is 32.2. The topological polar surface area (TPSA) is 81.2 Å². The monoisotopic (exact) mass is 354 g/mol. The standard InChI is InChI=1S/C17H14N4O3S/c1-2-20-14(13-8-5-9-24-13)18-19-17(20)25-10-21-15(22)11-6-3-4-7-12(11)16(21)23/h3-9H,2,10H2,1H3. The second-order valence-corrected chi connectivity index (χ2v) is 6.30. The minimum Gasteiger partial charge on any atom is -0.461 e. The van der Waals surface area contributed by atoms with Crippen LogP contribution in [0.3, 0.4) is 0 Å². The van der Waals surface area contributed by atoms with Gasteiger partial charge in [0.25, 0.3) is 11.8 Å². The Labute approximate surface area is 147 Å². The Balaban J connectivity index is 1.55. The lowest BCUT2D eigenvalue weighted by atomic mass is 10.1. The number of imide groups is 1. The van der Waals surface area contributed by atoms with E-state index in [4.69, 9.17) is 4.42 Å². The molecule has 0 saturated heterocycles. The molecule has 4 rings (SSSR count). The van der Waals surface area contributed by atoms with Crippen LogP contribution < -0.4 is 0 Å². The van der Waals surface area contributed by atoms with Gasteiger partial charge in [-0.2, -0.15) is 0 Å². The van der Waals surface area contributed by atoms with Gasteiger partial charge in [0.1, 0.15) is 0 Å². The zero-order chi connectivity index (χ0) is 17.4. The molecule has 3 aromatic rings. The quantitative estimate of drug-likeness (QED) is 0.518. The van der Waals surface area contributed by atoms with Crippen LogP contribution in [0.5, 0.6) is 0 Å². The lowest BCUT2D eigenvalue weighted by Gasteiger charge is -2.13. The number of carbonyl (C=O) groups excluding carboxylic acids is 2. The summed E-state index contributed by atoms with van der Waals surface area (Å²) in [7, 11) is 0. The Morgan fingerprint density at radius 3 is 2.36 bits per heavy atom. The van der Waals surface area contributed by atoms with Crippen molar-refractivity contribution in [2.75, 3.05) is 5.88 Å². The highest BCUT2D eigenvalue weighted by Crippen LogP contribution is 2.28. The Hall–Kier alpha value is -2.87. The van der Waals surface area contributed by atoms with E-state index in [0.29, 0.717) is 34.4 Å². The molecule has 0 saturated carbocycles. The summed E-state index contributed by atoms with van der Waals surface area (Å²) in [6.07, 6.45) is 1.58. The van der Waals surface area contributed by atoms with Crippen molar-refractivity contribution in [2.45, 2.75) is 18.6 Å². The van der Waals surface area contributed by atoms with Gasteiger partial charge in [-0.3, -0.25) is 19.1 Å². The molecule has 8 heteroatoms. The van der Waals surface area contributed by atoms with Crippen LogP contribution in [0, 0.1) is 0 Å². The number of aromatic nitrogens is 3. The molecule has 0 aliphatic carbocycles. The maximum atomic E-state index is 12.4. The Morgan fingerprint density at radius 1 is 1.04 bits per heavy atom. The molecule has 0 unspecified atom stereocenters. The van der Waals surface area contributed by atoms with Gasteiger partial charge in [-0.1, -0.05) is 23.9 Å². The molecule has 0 fully saturated rings. The SMILES string of the molecule is CCn1c(SCN2C(=O)c3ccccc3C2=O)nnc1-c1ccco1. The molecule has 0 spiro atoms. The number of amides is 2. The van der Waals surface area contributed by atoms with Gasteiger partial charge in [-0.05, 0) is 31.2 Å². The Bertz CT molecular complexity index is 914. The predicted octanol–water partition coefficient (Wildman–Crippen LogP) is 2.90. The number of nitrogens with zero attached hydrogens (tertiary/aromatic N) is 4. The van der Waals surface area contributed by atoms with E-state index >= 15 is 0 Å². The van der Waals surface area contributed by atoms with E-state index in [2.05, 4.69) is 10.2 Å². The average molecular weight is 354 g/mol. The predicted molar refractivity (Wildman–Crippen MR) is 91.1 cm³/mol. The molecule has 0 bridgehead atoms. The second kappa shape index (κ2) is 6.21.